The average molecular weight is 316 g/mol. The molecule has 0 aliphatic rings. The standard InChI is InChI=1S/C15H13FN4O3/c1-2-23-14(21)13-18-12-7-11(17-15(22)20(12)19-13)10-5-3-9(8-16)4-6-10/h3-7H,2,8H2,1H3,(H,17,22). The molecule has 0 amide bonds. The normalized spacial score (nSPS) is 10.9. The van der Waals surface area contributed by atoms with Crippen LogP contribution in [0.15, 0.2) is 35.1 Å². The van der Waals surface area contributed by atoms with Crippen molar-refractivity contribution in [2.24, 2.45) is 0 Å². The summed E-state index contributed by atoms with van der Waals surface area (Å²) in [6.45, 7) is 1.31. The smallest absolute Gasteiger partial charge is 0.378 e. The van der Waals surface area contributed by atoms with E-state index in [4.69, 9.17) is 4.74 Å². The summed E-state index contributed by atoms with van der Waals surface area (Å²) >= 11 is 0. The Bertz CT molecular complexity index is 915. The molecule has 1 aromatic carbocycles. The van der Waals surface area contributed by atoms with Gasteiger partial charge in [0, 0.05) is 6.07 Å². The second-order valence-electron chi connectivity index (χ2n) is 4.74. The van der Waals surface area contributed by atoms with Crippen LogP contribution < -0.4 is 5.69 Å². The van der Waals surface area contributed by atoms with Crippen LogP contribution in [0.25, 0.3) is 16.9 Å². The first-order chi connectivity index (χ1) is 11.1. The molecular weight excluding hydrogens is 303 g/mol. The van der Waals surface area contributed by atoms with E-state index in [0.717, 1.165) is 4.52 Å². The van der Waals surface area contributed by atoms with E-state index in [9.17, 15) is 14.0 Å². The van der Waals surface area contributed by atoms with Crippen LogP contribution in [0.4, 0.5) is 4.39 Å². The highest BCUT2D eigenvalue weighted by Crippen LogP contribution is 2.18. The Labute approximate surface area is 129 Å². The van der Waals surface area contributed by atoms with Gasteiger partial charge >= 0.3 is 11.7 Å². The second kappa shape index (κ2) is 5.99. The number of carbonyl (C=O) groups is 1. The fourth-order valence-electron chi connectivity index (χ4n) is 2.11. The molecule has 2 aromatic heterocycles. The highest BCUT2D eigenvalue weighted by molar-refractivity contribution is 5.85. The van der Waals surface area contributed by atoms with E-state index in [1.54, 1.807) is 37.3 Å². The number of carbonyl (C=O) groups excluding carboxylic acids is 1. The number of halogens is 1. The summed E-state index contributed by atoms with van der Waals surface area (Å²) < 4.78 is 18.4. The molecule has 0 saturated carbocycles. The van der Waals surface area contributed by atoms with Crippen molar-refractivity contribution in [3.8, 4) is 11.3 Å². The number of alkyl halides is 1. The van der Waals surface area contributed by atoms with Crippen molar-refractivity contribution in [2.75, 3.05) is 6.61 Å². The third-order valence-electron chi connectivity index (χ3n) is 3.22. The summed E-state index contributed by atoms with van der Waals surface area (Å²) in [6.07, 6.45) is 0. The Balaban J connectivity index is 2.06. The van der Waals surface area contributed by atoms with Gasteiger partial charge in [0.15, 0.2) is 5.65 Å². The van der Waals surface area contributed by atoms with Gasteiger partial charge in [-0.25, -0.2) is 19.0 Å². The SMILES string of the molecule is CCOC(=O)c1nc2cc(-c3ccc(CF)cc3)[nH]c(=O)n2n1. The van der Waals surface area contributed by atoms with Crippen LogP contribution in [0, 0.1) is 0 Å². The molecule has 8 heteroatoms. The van der Waals surface area contributed by atoms with Gasteiger partial charge in [-0.2, -0.15) is 4.52 Å². The molecule has 0 bridgehead atoms. The lowest BCUT2D eigenvalue weighted by atomic mass is 10.1. The number of ether oxygens (including phenoxy) is 1. The van der Waals surface area contributed by atoms with Gasteiger partial charge in [0.25, 0.3) is 5.82 Å². The maximum atomic E-state index is 12.5. The molecule has 1 N–H and O–H groups in total. The van der Waals surface area contributed by atoms with E-state index in [0.29, 0.717) is 16.8 Å². The van der Waals surface area contributed by atoms with Crippen LogP contribution >= 0.6 is 0 Å². The van der Waals surface area contributed by atoms with Gasteiger partial charge in [-0.3, -0.25) is 0 Å². The van der Waals surface area contributed by atoms with Gasteiger partial charge < -0.3 is 9.72 Å². The Kier molecular flexibility index (Phi) is 3.88. The number of benzene rings is 1. The molecule has 0 unspecified atom stereocenters. The summed E-state index contributed by atoms with van der Waals surface area (Å²) in [6, 6.07) is 8.23. The molecule has 23 heavy (non-hydrogen) atoms. The molecule has 0 atom stereocenters. The minimum absolute atomic E-state index is 0.178. The van der Waals surface area contributed by atoms with Crippen LogP contribution in [-0.4, -0.2) is 32.2 Å². The molecule has 118 valence electrons. The first-order valence-corrected chi connectivity index (χ1v) is 6.95. The zero-order valence-corrected chi connectivity index (χ0v) is 12.2. The molecule has 0 fully saturated rings. The molecule has 3 rings (SSSR count). The Morgan fingerprint density at radius 1 is 1.35 bits per heavy atom. The summed E-state index contributed by atoms with van der Waals surface area (Å²) in [5.41, 5.74) is 1.43. The molecule has 3 aromatic rings. The van der Waals surface area contributed by atoms with Gasteiger partial charge in [0.05, 0.1) is 12.3 Å². The molecule has 0 aliphatic heterocycles. The average Bonchev–Trinajstić information content (AvgIpc) is 3.00. The van der Waals surface area contributed by atoms with Crippen LogP contribution in [-0.2, 0) is 11.4 Å². The molecule has 0 spiro atoms. The van der Waals surface area contributed by atoms with E-state index < -0.39 is 18.3 Å². The summed E-state index contributed by atoms with van der Waals surface area (Å²) in [5, 5.41) is 3.83. The van der Waals surface area contributed by atoms with Crippen LogP contribution in [0.3, 0.4) is 0 Å². The van der Waals surface area contributed by atoms with Crippen molar-refractivity contribution in [1.82, 2.24) is 19.6 Å². The summed E-state index contributed by atoms with van der Waals surface area (Å²) in [7, 11) is 0. The number of rotatable bonds is 4. The van der Waals surface area contributed by atoms with Crippen molar-refractivity contribution < 1.29 is 13.9 Å². The summed E-state index contributed by atoms with van der Waals surface area (Å²) in [5.74, 6) is -0.869. The van der Waals surface area contributed by atoms with Gasteiger partial charge in [-0.15, -0.1) is 5.10 Å². The molecule has 0 radical (unpaired) electrons. The van der Waals surface area contributed by atoms with Gasteiger partial charge in [0.2, 0.25) is 0 Å². The number of hydrogen-bond acceptors (Lipinski definition) is 5. The number of fused-ring (bicyclic) bond motifs is 1. The van der Waals surface area contributed by atoms with Crippen molar-refractivity contribution in [3.05, 3.63) is 52.2 Å². The van der Waals surface area contributed by atoms with Crippen LogP contribution in [0.2, 0.25) is 0 Å². The highest BCUT2D eigenvalue weighted by atomic mass is 19.1. The number of hydrogen-bond donors (Lipinski definition) is 1. The summed E-state index contributed by atoms with van der Waals surface area (Å²) in [4.78, 5) is 30.4. The van der Waals surface area contributed by atoms with E-state index in [1.807, 2.05) is 0 Å². The minimum Gasteiger partial charge on any atom is -0.460 e. The van der Waals surface area contributed by atoms with Crippen molar-refractivity contribution >= 4 is 11.6 Å². The van der Waals surface area contributed by atoms with Gasteiger partial charge in [0.1, 0.15) is 6.67 Å². The largest absolute Gasteiger partial charge is 0.460 e. The van der Waals surface area contributed by atoms with E-state index in [-0.39, 0.29) is 18.1 Å². The van der Waals surface area contributed by atoms with Gasteiger partial charge in [-0.05, 0) is 18.1 Å². The third-order valence-corrected chi connectivity index (χ3v) is 3.22. The first kappa shape index (κ1) is 14.9. The maximum absolute atomic E-state index is 12.5. The highest BCUT2D eigenvalue weighted by Gasteiger charge is 2.16. The fourth-order valence-corrected chi connectivity index (χ4v) is 2.11. The molecule has 0 saturated heterocycles. The first-order valence-electron chi connectivity index (χ1n) is 6.95. The Morgan fingerprint density at radius 3 is 2.74 bits per heavy atom. The quantitative estimate of drug-likeness (QED) is 0.740. The molecule has 2 heterocycles. The Morgan fingerprint density at radius 2 is 2.09 bits per heavy atom. The lowest BCUT2D eigenvalue weighted by Gasteiger charge is -2.02. The monoisotopic (exact) mass is 316 g/mol. The van der Waals surface area contributed by atoms with Crippen molar-refractivity contribution in [3.63, 3.8) is 0 Å². The van der Waals surface area contributed by atoms with E-state index >= 15 is 0 Å². The van der Waals surface area contributed by atoms with E-state index in [2.05, 4.69) is 15.1 Å². The Hall–Kier alpha value is -3.03. The second-order valence-corrected chi connectivity index (χ2v) is 4.74. The number of esters is 1. The number of nitrogens with one attached hydrogen (secondary N) is 1. The van der Waals surface area contributed by atoms with Crippen molar-refractivity contribution in [2.45, 2.75) is 13.6 Å². The molecular formula is C15H13FN4O3. The lowest BCUT2D eigenvalue weighted by Crippen LogP contribution is -2.18. The van der Waals surface area contributed by atoms with Gasteiger partial charge in [-0.1, -0.05) is 24.3 Å². The molecule has 7 nitrogen and oxygen atoms in total. The zero-order chi connectivity index (χ0) is 16.4. The third kappa shape index (κ3) is 2.83. The zero-order valence-electron chi connectivity index (χ0n) is 12.2. The van der Waals surface area contributed by atoms with Crippen LogP contribution in [0.5, 0.6) is 0 Å². The minimum atomic E-state index is -0.690. The maximum Gasteiger partial charge on any atom is 0.378 e. The fraction of sp³-hybridized carbons (Fsp3) is 0.200. The van der Waals surface area contributed by atoms with E-state index in [1.165, 1.54) is 0 Å². The predicted molar refractivity (Wildman–Crippen MR) is 79.8 cm³/mol. The number of aromatic amines is 1. The lowest BCUT2D eigenvalue weighted by molar-refractivity contribution is 0.0512. The molecule has 0 aliphatic carbocycles. The van der Waals surface area contributed by atoms with Crippen molar-refractivity contribution in [1.29, 1.82) is 0 Å². The number of aromatic nitrogens is 4. The predicted octanol–water partition coefficient (Wildman–Crippen LogP) is 1.73. The van der Waals surface area contributed by atoms with Crippen LogP contribution in [0.1, 0.15) is 23.1 Å². The number of H-pyrrole nitrogens is 1. The number of nitrogens with zero attached hydrogens (tertiary/aromatic N) is 3. The topological polar surface area (TPSA) is 89.3 Å².